The zero-order chi connectivity index (χ0) is 19.7. The Hall–Kier alpha value is -1.61. The van der Waals surface area contributed by atoms with Gasteiger partial charge in [0.05, 0.1) is 11.7 Å². The molecule has 0 radical (unpaired) electrons. The number of benzene rings is 1. The molecule has 2 saturated carbocycles. The lowest BCUT2D eigenvalue weighted by Gasteiger charge is -2.50. The van der Waals surface area contributed by atoms with E-state index in [-0.39, 0.29) is 12.2 Å². The van der Waals surface area contributed by atoms with Gasteiger partial charge in [0.15, 0.2) is 6.79 Å². The average Bonchev–Trinajstić information content (AvgIpc) is 3.05. The molecule has 0 spiro atoms. The second-order valence-electron chi connectivity index (χ2n) is 8.81. The van der Waals surface area contributed by atoms with Crippen LogP contribution in [0.4, 0.5) is 0 Å². The molecule has 1 aromatic carbocycles. The van der Waals surface area contributed by atoms with Gasteiger partial charge in [-0.1, -0.05) is 6.92 Å². The minimum absolute atomic E-state index is 0.169. The van der Waals surface area contributed by atoms with E-state index in [2.05, 4.69) is 25.1 Å². The minimum Gasteiger partial charge on any atom is -0.466 e. The monoisotopic (exact) mass is 385 g/mol. The number of ether oxygens (including phenoxy) is 4. The third-order valence-corrected chi connectivity index (χ3v) is 7.58. The van der Waals surface area contributed by atoms with Gasteiger partial charge in [-0.15, -0.1) is 0 Å². The molecule has 3 aliphatic rings. The van der Waals surface area contributed by atoms with Gasteiger partial charge in [-0.3, -0.25) is 0 Å². The largest absolute Gasteiger partial charge is 0.466 e. The summed E-state index contributed by atoms with van der Waals surface area (Å²) in [5.41, 5.74) is 3.59. The Morgan fingerprint density at radius 1 is 1.11 bits per heavy atom. The fourth-order valence-electron chi connectivity index (χ4n) is 6.30. The SMILES string of the molecule is COCOc1cc2c(cc1C#N)[C@H]1CC[C@]3(C)[C@@H](OCOC)CC[C@H]3[C@@H]1CC2. The van der Waals surface area contributed by atoms with Crippen molar-refractivity contribution in [3.05, 3.63) is 28.8 Å². The second-order valence-corrected chi connectivity index (χ2v) is 8.81. The number of aryl methyl sites for hydroxylation is 1. The Balaban J connectivity index is 1.60. The minimum atomic E-state index is 0.169. The lowest BCUT2D eigenvalue weighted by molar-refractivity contribution is -0.125. The van der Waals surface area contributed by atoms with Crippen LogP contribution in [-0.2, 0) is 20.6 Å². The quantitative estimate of drug-likeness (QED) is 0.680. The molecule has 28 heavy (non-hydrogen) atoms. The normalized spacial score (nSPS) is 33.5. The number of fused-ring (bicyclic) bond motifs is 5. The highest BCUT2D eigenvalue weighted by molar-refractivity contribution is 5.51. The summed E-state index contributed by atoms with van der Waals surface area (Å²) in [6.45, 7) is 2.99. The van der Waals surface area contributed by atoms with E-state index in [1.54, 1.807) is 14.2 Å². The van der Waals surface area contributed by atoms with E-state index in [1.165, 1.54) is 36.8 Å². The van der Waals surface area contributed by atoms with Crippen LogP contribution in [0, 0.1) is 28.6 Å². The van der Waals surface area contributed by atoms with Crippen LogP contribution in [0.2, 0.25) is 0 Å². The summed E-state index contributed by atoms with van der Waals surface area (Å²) in [6, 6.07) is 6.49. The summed E-state index contributed by atoms with van der Waals surface area (Å²) in [7, 11) is 3.29. The maximum absolute atomic E-state index is 9.62. The first kappa shape index (κ1) is 19.7. The van der Waals surface area contributed by atoms with E-state index in [1.807, 2.05) is 0 Å². The van der Waals surface area contributed by atoms with Crippen molar-refractivity contribution < 1.29 is 18.9 Å². The number of methoxy groups -OCH3 is 2. The summed E-state index contributed by atoms with van der Waals surface area (Å²) in [5.74, 6) is 2.57. The molecule has 2 fully saturated rings. The van der Waals surface area contributed by atoms with Gasteiger partial charge in [0.1, 0.15) is 18.6 Å². The number of rotatable bonds is 6. The Morgan fingerprint density at radius 2 is 1.93 bits per heavy atom. The number of nitriles is 1. The van der Waals surface area contributed by atoms with Crippen molar-refractivity contribution in [2.45, 2.75) is 57.5 Å². The highest BCUT2D eigenvalue weighted by atomic mass is 16.7. The summed E-state index contributed by atoms with van der Waals surface area (Å²) in [4.78, 5) is 0. The zero-order valence-electron chi connectivity index (χ0n) is 17.2. The summed E-state index contributed by atoms with van der Waals surface area (Å²) >= 11 is 0. The van der Waals surface area contributed by atoms with E-state index in [0.29, 0.717) is 42.0 Å². The molecule has 0 heterocycles. The van der Waals surface area contributed by atoms with E-state index in [4.69, 9.17) is 18.9 Å². The summed E-state index contributed by atoms with van der Waals surface area (Å²) < 4.78 is 21.9. The molecule has 4 rings (SSSR count). The molecule has 0 aliphatic heterocycles. The second kappa shape index (κ2) is 8.02. The first-order valence-corrected chi connectivity index (χ1v) is 10.4. The van der Waals surface area contributed by atoms with Gasteiger partial charge in [-0.2, -0.15) is 5.26 Å². The van der Waals surface area contributed by atoms with Gasteiger partial charge in [-0.25, -0.2) is 0 Å². The van der Waals surface area contributed by atoms with Crippen LogP contribution in [0.1, 0.15) is 61.6 Å². The van der Waals surface area contributed by atoms with Gasteiger partial charge in [0.25, 0.3) is 0 Å². The predicted molar refractivity (Wildman–Crippen MR) is 105 cm³/mol. The van der Waals surface area contributed by atoms with E-state index >= 15 is 0 Å². The molecule has 0 aromatic heterocycles. The number of nitrogens with zero attached hydrogens (tertiary/aromatic N) is 1. The molecule has 0 N–H and O–H groups in total. The molecule has 0 bridgehead atoms. The standard InChI is InChI=1S/C23H31NO4/c1-23-9-8-17-18(20(23)6-7-22(23)28-14-26-3)5-4-15-11-21(27-13-25-2)16(12-24)10-19(15)17/h10-11,17-18,20,22H,4-9,13-14H2,1-3H3/t17-,18+,20-,22-,23-/m0/s1. The summed E-state index contributed by atoms with van der Waals surface area (Å²) in [6.07, 6.45) is 7.29. The van der Waals surface area contributed by atoms with Crippen LogP contribution in [0.25, 0.3) is 0 Å². The fourth-order valence-corrected chi connectivity index (χ4v) is 6.30. The lowest BCUT2D eigenvalue weighted by atomic mass is 9.55. The molecule has 152 valence electrons. The van der Waals surface area contributed by atoms with Crippen LogP contribution >= 0.6 is 0 Å². The van der Waals surface area contributed by atoms with Crippen LogP contribution < -0.4 is 4.74 Å². The maximum atomic E-state index is 9.62. The Labute approximate surface area is 167 Å². The fraction of sp³-hybridized carbons (Fsp3) is 0.696. The highest BCUT2D eigenvalue weighted by Crippen LogP contribution is 2.61. The van der Waals surface area contributed by atoms with E-state index in [0.717, 1.165) is 12.8 Å². The van der Waals surface area contributed by atoms with Crippen molar-refractivity contribution in [3.63, 3.8) is 0 Å². The Kier molecular flexibility index (Phi) is 5.64. The zero-order valence-corrected chi connectivity index (χ0v) is 17.2. The van der Waals surface area contributed by atoms with Crippen LogP contribution in [-0.4, -0.2) is 33.9 Å². The van der Waals surface area contributed by atoms with Crippen LogP contribution in [0.5, 0.6) is 5.75 Å². The van der Waals surface area contributed by atoms with Crippen molar-refractivity contribution in [1.29, 1.82) is 5.26 Å². The Morgan fingerprint density at radius 3 is 2.68 bits per heavy atom. The molecule has 5 heteroatoms. The molecule has 0 amide bonds. The molecule has 0 saturated heterocycles. The molecule has 0 unspecified atom stereocenters. The van der Waals surface area contributed by atoms with Gasteiger partial charge in [-0.05, 0) is 85.0 Å². The van der Waals surface area contributed by atoms with Crippen molar-refractivity contribution in [1.82, 2.24) is 0 Å². The van der Waals surface area contributed by atoms with Crippen molar-refractivity contribution in [3.8, 4) is 11.8 Å². The third kappa shape index (κ3) is 3.22. The van der Waals surface area contributed by atoms with Crippen LogP contribution in [0.3, 0.4) is 0 Å². The van der Waals surface area contributed by atoms with Gasteiger partial charge in [0.2, 0.25) is 0 Å². The van der Waals surface area contributed by atoms with Crippen molar-refractivity contribution in [2.24, 2.45) is 17.3 Å². The third-order valence-electron chi connectivity index (χ3n) is 7.58. The molecular weight excluding hydrogens is 354 g/mol. The van der Waals surface area contributed by atoms with E-state index < -0.39 is 0 Å². The predicted octanol–water partition coefficient (Wildman–Crippen LogP) is 4.39. The molecular formula is C23H31NO4. The Bertz CT molecular complexity index is 758. The van der Waals surface area contributed by atoms with Gasteiger partial charge in [0, 0.05) is 14.2 Å². The van der Waals surface area contributed by atoms with Gasteiger partial charge >= 0.3 is 0 Å². The first-order chi connectivity index (χ1) is 13.6. The lowest BCUT2D eigenvalue weighted by Crippen LogP contribution is -2.44. The van der Waals surface area contributed by atoms with Crippen molar-refractivity contribution in [2.75, 3.05) is 27.8 Å². The molecule has 1 aromatic rings. The average molecular weight is 386 g/mol. The smallest absolute Gasteiger partial charge is 0.188 e. The molecule has 5 atom stereocenters. The highest BCUT2D eigenvalue weighted by Gasteiger charge is 2.55. The molecule has 5 nitrogen and oxygen atoms in total. The number of hydrogen-bond acceptors (Lipinski definition) is 5. The van der Waals surface area contributed by atoms with Crippen LogP contribution in [0.15, 0.2) is 12.1 Å². The first-order valence-electron chi connectivity index (χ1n) is 10.4. The topological polar surface area (TPSA) is 60.7 Å². The van der Waals surface area contributed by atoms with Crippen molar-refractivity contribution >= 4 is 0 Å². The van der Waals surface area contributed by atoms with E-state index in [9.17, 15) is 5.26 Å². The summed E-state index contributed by atoms with van der Waals surface area (Å²) in [5, 5.41) is 9.62. The van der Waals surface area contributed by atoms with Gasteiger partial charge < -0.3 is 18.9 Å². The number of hydrogen-bond donors (Lipinski definition) is 0. The molecule has 3 aliphatic carbocycles. The maximum Gasteiger partial charge on any atom is 0.188 e.